The molecule has 1 aliphatic rings. The van der Waals surface area contributed by atoms with E-state index in [1.807, 2.05) is 0 Å². The zero-order valence-electron chi connectivity index (χ0n) is 9.79. The summed E-state index contributed by atoms with van der Waals surface area (Å²) in [4.78, 5) is 0. The van der Waals surface area contributed by atoms with Crippen molar-refractivity contribution in [1.29, 1.82) is 0 Å². The molecule has 2 rings (SSSR count). The van der Waals surface area contributed by atoms with Crippen LogP contribution in [-0.2, 0) is 0 Å². The molecule has 1 fully saturated rings. The predicted molar refractivity (Wildman–Crippen MR) is 65.2 cm³/mol. The fraction of sp³-hybridized carbons (Fsp3) is 0.571. The zero-order valence-corrected chi connectivity index (χ0v) is 9.79. The van der Waals surface area contributed by atoms with Gasteiger partial charge in [-0.15, -0.1) is 0 Å². The van der Waals surface area contributed by atoms with Crippen LogP contribution < -0.4 is 5.32 Å². The summed E-state index contributed by atoms with van der Waals surface area (Å²) in [6.07, 6.45) is 5.44. The first-order valence-corrected chi connectivity index (χ1v) is 6.05. The Bertz CT molecular complexity index is 302. The van der Waals surface area contributed by atoms with Crippen LogP contribution in [-0.4, -0.2) is 13.1 Å². The van der Waals surface area contributed by atoms with Crippen LogP contribution in [0.2, 0.25) is 0 Å². The molecule has 1 N–H and O–H groups in total. The fourth-order valence-corrected chi connectivity index (χ4v) is 2.69. The molecule has 0 heterocycles. The fourth-order valence-electron chi connectivity index (χ4n) is 2.69. The molecule has 1 saturated carbocycles. The first-order chi connectivity index (χ1) is 7.31. The van der Waals surface area contributed by atoms with Crippen molar-refractivity contribution in [3.63, 3.8) is 0 Å². The summed E-state index contributed by atoms with van der Waals surface area (Å²) < 4.78 is 0. The van der Waals surface area contributed by atoms with Gasteiger partial charge in [-0.05, 0) is 38.3 Å². The van der Waals surface area contributed by atoms with Gasteiger partial charge in [0.1, 0.15) is 0 Å². The molecule has 1 nitrogen and oxygen atoms in total. The van der Waals surface area contributed by atoms with E-state index in [0.717, 1.165) is 5.92 Å². The van der Waals surface area contributed by atoms with E-state index in [0.29, 0.717) is 6.04 Å². The van der Waals surface area contributed by atoms with Crippen molar-refractivity contribution in [2.24, 2.45) is 0 Å². The maximum atomic E-state index is 3.47. The lowest BCUT2D eigenvalue weighted by Gasteiger charge is -2.31. The number of aryl methyl sites for hydroxylation is 1. The van der Waals surface area contributed by atoms with Crippen molar-refractivity contribution in [1.82, 2.24) is 5.32 Å². The second-order valence-electron chi connectivity index (χ2n) is 4.70. The highest BCUT2D eigenvalue weighted by Gasteiger charge is 2.24. The molecule has 1 aromatic rings. The number of hydrogen-bond acceptors (Lipinski definition) is 1. The maximum Gasteiger partial charge on any atom is 0.0133 e. The summed E-state index contributed by atoms with van der Waals surface area (Å²) in [5.74, 6) is 0.726. The molecule has 1 heteroatoms. The maximum absolute atomic E-state index is 3.47. The van der Waals surface area contributed by atoms with Gasteiger partial charge in [0, 0.05) is 6.04 Å². The average molecular weight is 203 g/mol. The molecule has 0 radical (unpaired) electrons. The van der Waals surface area contributed by atoms with Crippen LogP contribution in [0.5, 0.6) is 0 Å². The lowest BCUT2D eigenvalue weighted by molar-refractivity contribution is 0.344. The number of nitrogens with one attached hydrogen (secondary N) is 1. The molecule has 1 aliphatic carbocycles. The quantitative estimate of drug-likeness (QED) is 0.778. The summed E-state index contributed by atoms with van der Waals surface area (Å²) in [6, 6.07) is 9.75. The van der Waals surface area contributed by atoms with E-state index in [4.69, 9.17) is 0 Å². The van der Waals surface area contributed by atoms with Gasteiger partial charge in [0.15, 0.2) is 0 Å². The van der Waals surface area contributed by atoms with E-state index in [-0.39, 0.29) is 0 Å². The minimum absolute atomic E-state index is 0.682. The summed E-state index contributed by atoms with van der Waals surface area (Å²) in [7, 11) is 2.09. The molecule has 2 atom stereocenters. The third-order valence-corrected chi connectivity index (χ3v) is 3.64. The minimum atomic E-state index is 0.682. The Morgan fingerprint density at radius 2 is 1.73 bits per heavy atom. The highest BCUT2D eigenvalue weighted by atomic mass is 14.9. The number of hydrogen-bond donors (Lipinski definition) is 1. The van der Waals surface area contributed by atoms with Crippen molar-refractivity contribution >= 4 is 0 Å². The molecule has 0 amide bonds. The predicted octanol–water partition coefficient (Wildman–Crippen LogP) is 3.24. The summed E-state index contributed by atoms with van der Waals surface area (Å²) >= 11 is 0. The van der Waals surface area contributed by atoms with Crippen LogP contribution in [0.4, 0.5) is 0 Å². The molecular weight excluding hydrogens is 182 g/mol. The van der Waals surface area contributed by atoms with Crippen LogP contribution in [0, 0.1) is 6.92 Å². The molecule has 82 valence electrons. The zero-order chi connectivity index (χ0) is 10.7. The van der Waals surface area contributed by atoms with Gasteiger partial charge < -0.3 is 5.32 Å². The van der Waals surface area contributed by atoms with E-state index >= 15 is 0 Å². The first-order valence-electron chi connectivity index (χ1n) is 6.05. The smallest absolute Gasteiger partial charge is 0.0133 e. The van der Waals surface area contributed by atoms with Gasteiger partial charge in [0.05, 0.1) is 0 Å². The number of rotatable bonds is 2. The normalized spacial score (nSPS) is 26.5. The van der Waals surface area contributed by atoms with Crippen LogP contribution >= 0.6 is 0 Å². The SMILES string of the molecule is CNC1CCCCC1c1ccc(C)cc1. The van der Waals surface area contributed by atoms with Gasteiger partial charge in [0.2, 0.25) is 0 Å². The van der Waals surface area contributed by atoms with Crippen LogP contribution in [0.15, 0.2) is 24.3 Å². The lowest BCUT2D eigenvalue weighted by Crippen LogP contribution is -2.34. The second kappa shape index (κ2) is 4.80. The molecule has 2 unspecified atom stereocenters. The molecule has 1 aromatic carbocycles. The second-order valence-corrected chi connectivity index (χ2v) is 4.70. The van der Waals surface area contributed by atoms with E-state index < -0.39 is 0 Å². The number of benzene rings is 1. The lowest BCUT2D eigenvalue weighted by atomic mass is 9.80. The van der Waals surface area contributed by atoms with Crippen molar-refractivity contribution in [2.75, 3.05) is 7.05 Å². The van der Waals surface area contributed by atoms with Crippen molar-refractivity contribution < 1.29 is 0 Å². The molecule has 0 aliphatic heterocycles. The largest absolute Gasteiger partial charge is 0.316 e. The Labute approximate surface area is 92.9 Å². The van der Waals surface area contributed by atoms with Crippen molar-refractivity contribution in [2.45, 2.75) is 44.6 Å². The topological polar surface area (TPSA) is 12.0 Å². The highest BCUT2D eigenvalue weighted by molar-refractivity contribution is 5.26. The van der Waals surface area contributed by atoms with Gasteiger partial charge in [-0.25, -0.2) is 0 Å². The van der Waals surface area contributed by atoms with E-state index in [1.165, 1.54) is 36.8 Å². The van der Waals surface area contributed by atoms with E-state index in [1.54, 1.807) is 0 Å². The summed E-state index contributed by atoms with van der Waals surface area (Å²) in [5.41, 5.74) is 2.87. The Hall–Kier alpha value is -0.820. The number of likely N-dealkylation sites (N-methyl/N-ethyl adjacent to an activating group) is 1. The molecular formula is C14H21N. The third-order valence-electron chi connectivity index (χ3n) is 3.64. The van der Waals surface area contributed by atoms with Crippen LogP contribution in [0.25, 0.3) is 0 Å². The van der Waals surface area contributed by atoms with Gasteiger partial charge in [-0.2, -0.15) is 0 Å². The van der Waals surface area contributed by atoms with Gasteiger partial charge >= 0.3 is 0 Å². The van der Waals surface area contributed by atoms with Crippen molar-refractivity contribution in [3.8, 4) is 0 Å². The highest BCUT2D eigenvalue weighted by Crippen LogP contribution is 2.32. The Morgan fingerprint density at radius 3 is 2.40 bits per heavy atom. The Balaban J connectivity index is 2.16. The summed E-state index contributed by atoms with van der Waals surface area (Å²) in [6.45, 7) is 2.15. The Morgan fingerprint density at radius 1 is 1.07 bits per heavy atom. The van der Waals surface area contributed by atoms with Crippen LogP contribution in [0.3, 0.4) is 0 Å². The Kier molecular flexibility index (Phi) is 3.42. The van der Waals surface area contributed by atoms with E-state index in [2.05, 4.69) is 43.6 Å². The summed E-state index contributed by atoms with van der Waals surface area (Å²) in [5, 5.41) is 3.47. The van der Waals surface area contributed by atoms with E-state index in [9.17, 15) is 0 Å². The van der Waals surface area contributed by atoms with Gasteiger partial charge in [-0.1, -0.05) is 42.7 Å². The first kappa shape index (κ1) is 10.7. The molecule has 0 aromatic heterocycles. The van der Waals surface area contributed by atoms with Gasteiger partial charge in [-0.3, -0.25) is 0 Å². The molecule has 0 spiro atoms. The van der Waals surface area contributed by atoms with Crippen LogP contribution in [0.1, 0.15) is 42.7 Å². The monoisotopic (exact) mass is 203 g/mol. The molecule has 0 bridgehead atoms. The van der Waals surface area contributed by atoms with Gasteiger partial charge in [0.25, 0.3) is 0 Å². The van der Waals surface area contributed by atoms with Crippen molar-refractivity contribution in [3.05, 3.63) is 35.4 Å². The molecule has 0 saturated heterocycles. The minimum Gasteiger partial charge on any atom is -0.316 e. The average Bonchev–Trinajstić information content (AvgIpc) is 2.30. The third kappa shape index (κ3) is 2.40. The molecule has 15 heavy (non-hydrogen) atoms. The standard InChI is InChI=1S/C14H21N/c1-11-7-9-12(10-8-11)13-5-3-4-6-14(13)15-2/h7-10,13-15H,3-6H2,1-2H3.